The summed E-state index contributed by atoms with van der Waals surface area (Å²) in [6.07, 6.45) is 0.540. The highest BCUT2D eigenvalue weighted by molar-refractivity contribution is 9.12. The summed E-state index contributed by atoms with van der Waals surface area (Å²) in [6, 6.07) is 1.08. The third kappa shape index (κ3) is 3.51. The largest absolute Gasteiger partial charge is 0.395 e. The Labute approximate surface area is 115 Å². The zero-order chi connectivity index (χ0) is 12.3. The molecule has 0 spiro atoms. The fourth-order valence-corrected chi connectivity index (χ4v) is 6.16. The van der Waals surface area contributed by atoms with Crippen LogP contribution in [0, 0.1) is 0 Å². The summed E-state index contributed by atoms with van der Waals surface area (Å²) < 4.78 is 27.6. The molecule has 0 amide bonds. The molecule has 0 aliphatic rings. The number of aliphatic hydroxyl groups excluding tert-OH is 1. The van der Waals surface area contributed by atoms with Gasteiger partial charge in [0.25, 0.3) is 0 Å². The molecule has 4 nitrogen and oxygen atoms in total. The van der Waals surface area contributed by atoms with Gasteiger partial charge in [-0.3, -0.25) is 0 Å². The molecule has 0 radical (unpaired) electrons. The molecule has 92 valence electrons. The van der Waals surface area contributed by atoms with E-state index in [-0.39, 0.29) is 11.5 Å². The first-order valence-corrected chi connectivity index (χ1v) is 8.37. The van der Waals surface area contributed by atoms with Gasteiger partial charge in [0.15, 0.2) is 0 Å². The summed E-state index contributed by atoms with van der Waals surface area (Å²) in [5, 5.41) is 8.97. The van der Waals surface area contributed by atoms with Gasteiger partial charge in [-0.05, 0) is 44.3 Å². The minimum Gasteiger partial charge on any atom is -0.395 e. The van der Waals surface area contributed by atoms with Crippen LogP contribution in [-0.2, 0) is 10.0 Å². The third-order valence-corrected chi connectivity index (χ3v) is 6.23. The van der Waals surface area contributed by atoms with Crippen molar-refractivity contribution in [2.75, 3.05) is 6.61 Å². The molecular weight excluding hydrogens is 382 g/mol. The van der Waals surface area contributed by atoms with Crippen molar-refractivity contribution in [1.82, 2.24) is 4.72 Å². The highest BCUT2D eigenvalue weighted by Crippen LogP contribution is 2.34. The number of halogens is 2. The van der Waals surface area contributed by atoms with Crippen LogP contribution in [0.2, 0.25) is 0 Å². The number of rotatable bonds is 5. The lowest BCUT2D eigenvalue weighted by Crippen LogP contribution is -2.36. The number of hydrogen-bond donors (Lipinski definition) is 2. The molecule has 1 atom stereocenters. The lowest BCUT2D eigenvalue weighted by Gasteiger charge is -2.13. The van der Waals surface area contributed by atoms with Gasteiger partial charge in [-0.2, -0.15) is 0 Å². The summed E-state index contributed by atoms with van der Waals surface area (Å²) in [7, 11) is -3.57. The van der Waals surface area contributed by atoms with E-state index in [1.807, 2.05) is 6.92 Å². The van der Waals surface area contributed by atoms with Crippen LogP contribution in [0.25, 0.3) is 0 Å². The number of nitrogens with one attached hydrogen (secondary N) is 1. The van der Waals surface area contributed by atoms with Gasteiger partial charge in [0.05, 0.1) is 14.2 Å². The van der Waals surface area contributed by atoms with Gasteiger partial charge in [0, 0.05) is 6.04 Å². The van der Waals surface area contributed by atoms with E-state index in [0.29, 0.717) is 10.2 Å². The van der Waals surface area contributed by atoms with Crippen molar-refractivity contribution < 1.29 is 13.5 Å². The fraction of sp³-hybridized carbons (Fsp3) is 0.500. The molecule has 8 heteroatoms. The highest BCUT2D eigenvalue weighted by atomic mass is 79.9. The van der Waals surface area contributed by atoms with Gasteiger partial charge < -0.3 is 5.11 Å². The van der Waals surface area contributed by atoms with Crippen molar-refractivity contribution in [3.05, 3.63) is 13.6 Å². The van der Waals surface area contributed by atoms with Gasteiger partial charge in [0.2, 0.25) is 10.0 Å². The van der Waals surface area contributed by atoms with E-state index in [1.54, 1.807) is 0 Å². The Balaban J connectivity index is 2.98. The second kappa shape index (κ2) is 5.92. The van der Waals surface area contributed by atoms with Gasteiger partial charge in [-0.1, -0.05) is 6.92 Å². The van der Waals surface area contributed by atoms with E-state index in [1.165, 1.54) is 17.4 Å². The summed E-state index contributed by atoms with van der Waals surface area (Å²) >= 11 is 7.71. The van der Waals surface area contributed by atoms with Gasteiger partial charge in [-0.15, -0.1) is 11.3 Å². The molecule has 1 unspecified atom stereocenters. The molecule has 0 saturated heterocycles. The van der Waals surface area contributed by atoms with E-state index >= 15 is 0 Å². The molecule has 0 aliphatic heterocycles. The highest BCUT2D eigenvalue weighted by Gasteiger charge is 2.23. The van der Waals surface area contributed by atoms with Crippen LogP contribution in [0.4, 0.5) is 0 Å². The van der Waals surface area contributed by atoms with E-state index in [4.69, 9.17) is 5.11 Å². The van der Waals surface area contributed by atoms with E-state index in [9.17, 15) is 8.42 Å². The second-order valence-corrected chi connectivity index (χ2v) is 8.53. The molecule has 0 fully saturated rings. The molecule has 1 rings (SSSR count). The molecule has 1 aromatic rings. The molecule has 1 aromatic heterocycles. The Morgan fingerprint density at radius 3 is 2.56 bits per heavy atom. The van der Waals surface area contributed by atoms with Gasteiger partial charge >= 0.3 is 0 Å². The SMILES string of the molecule is CCC(CO)NS(=O)(=O)c1cc(Br)sc1Br. The van der Waals surface area contributed by atoms with Crippen molar-refractivity contribution in [3.8, 4) is 0 Å². The van der Waals surface area contributed by atoms with Crippen LogP contribution in [0.5, 0.6) is 0 Å². The first-order valence-electron chi connectivity index (χ1n) is 4.48. The van der Waals surface area contributed by atoms with E-state index < -0.39 is 16.1 Å². The Hall–Kier alpha value is 0.530. The summed E-state index contributed by atoms with van der Waals surface area (Å²) in [4.78, 5) is 0.191. The lowest BCUT2D eigenvalue weighted by atomic mass is 10.3. The molecule has 16 heavy (non-hydrogen) atoms. The number of hydrogen-bond acceptors (Lipinski definition) is 4. The quantitative estimate of drug-likeness (QED) is 0.807. The summed E-state index contributed by atoms with van der Waals surface area (Å²) in [5.74, 6) is 0. The third-order valence-electron chi connectivity index (χ3n) is 1.95. The van der Waals surface area contributed by atoms with E-state index in [2.05, 4.69) is 36.6 Å². The number of thiophene rings is 1. The van der Waals surface area contributed by atoms with Gasteiger partial charge in [-0.25, -0.2) is 13.1 Å². The Morgan fingerprint density at radius 1 is 1.56 bits per heavy atom. The molecule has 0 bridgehead atoms. The zero-order valence-electron chi connectivity index (χ0n) is 8.41. The Kier molecular flexibility index (Phi) is 5.40. The van der Waals surface area contributed by atoms with Gasteiger partial charge in [0.1, 0.15) is 4.90 Å². The normalized spacial score (nSPS) is 14.0. The Morgan fingerprint density at radius 2 is 2.19 bits per heavy atom. The minimum atomic E-state index is -3.57. The van der Waals surface area contributed by atoms with Crippen molar-refractivity contribution in [3.63, 3.8) is 0 Å². The molecule has 0 saturated carbocycles. The lowest BCUT2D eigenvalue weighted by molar-refractivity contribution is 0.254. The first-order chi connectivity index (χ1) is 7.40. The zero-order valence-corrected chi connectivity index (χ0v) is 13.2. The minimum absolute atomic E-state index is 0.191. The maximum Gasteiger partial charge on any atom is 0.242 e. The predicted octanol–water partition coefficient (Wildman–Crippen LogP) is 2.32. The topological polar surface area (TPSA) is 66.4 Å². The smallest absolute Gasteiger partial charge is 0.242 e. The number of sulfonamides is 1. The molecule has 1 heterocycles. The predicted molar refractivity (Wildman–Crippen MR) is 71.2 cm³/mol. The fourth-order valence-electron chi connectivity index (χ4n) is 1.04. The van der Waals surface area contributed by atoms with Crippen molar-refractivity contribution in [2.24, 2.45) is 0 Å². The maximum absolute atomic E-state index is 11.9. The van der Waals surface area contributed by atoms with Crippen molar-refractivity contribution in [1.29, 1.82) is 0 Å². The second-order valence-electron chi connectivity index (χ2n) is 3.10. The summed E-state index contributed by atoms with van der Waals surface area (Å²) in [5.41, 5.74) is 0. The standard InChI is InChI=1S/C8H11Br2NO3S2/c1-2-5(4-12)11-16(13,14)6-3-7(9)15-8(6)10/h3,5,11-12H,2,4H2,1H3. The van der Waals surface area contributed by atoms with Crippen LogP contribution >= 0.6 is 43.2 Å². The Bertz CT molecular complexity index is 454. The van der Waals surface area contributed by atoms with Crippen molar-refractivity contribution >= 4 is 53.2 Å². The van der Waals surface area contributed by atoms with Crippen molar-refractivity contribution in [2.45, 2.75) is 24.3 Å². The monoisotopic (exact) mass is 391 g/mol. The average Bonchev–Trinajstić information content (AvgIpc) is 2.55. The molecule has 2 N–H and O–H groups in total. The van der Waals surface area contributed by atoms with Crippen LogP contribution in [0.15, 0.2) is 18.5 Å². The molecule has 0 aliphatic carbocycles. The molecular formula is C8H11Br2NO3S2. The number of aliphatic hydroxyl groups is 1. The van der Waals surface area contributed by atoms with Crippen LogP contribution in [0.1, 0.15) is 13.3 Å². The van der Waals surface area contributed by atoms with Crippen LogP contribution in [-0.4, -0.2) is 26.2 Å². The van der Waals surface area contributed by atoms with E-state index in [0.717, 1.165) is 3.79 Å². The van der Waals surface area contributed by atoms with Crippen LogP contribution < -0.4 is 4.72 Å². The van der Waals surface area contributed by atoms with Crippen LogP contribution in [0.3, 0.4) is 0 Å². The molecule has 0 aromatic carbocycles. The summed E-state index contributed by atoms with van der Waals surface area (Å²) in [6.45, 7) is 1.60. The first kappa shape index (κ1) is 14.6. The average molecular weight is 393 g/mol. The maximum atomic E-state index is 11.9.